The Labute approximate surface area is 203 Å². The monoisotopic (exact) mass is 467 g/mol. The van der Waals surface area contributed by atoms with Crippen molar-refractivity contribution in [2.45, 2.75) is 18.6 Å². The van der Waals surface area contributed by atoms with Gasteiger partial charge >= 0.3 is 0 Å². The summed E-state index contributed by atoms with van der Waals surface area (Å²) in [4.78, 5) is 28.2. The van der Waals surface area contributed by atoms with E-state index in [2.05, 4.69) is 0 Å². The molecule has 0 aliphatic carbocycles. The molecule has 1 N–H and O–H groups in total. The summed E-state index contributed by atoms with van der Waals surface area (Å²) in [6, 6.07) is 31.4. The zero-order valence-electron chi connectivity index (χ0n) is 18.3. The van der Waals surface area contributed by atoms with Crippen LogP contribution in [-0.2, 0) is 16.9 Å². The number of benzene rings is 4. The van der Waals surface area contributed by atoms with Crippen LogP contribution in [0.2, 0.25) is 5.02 Å². The van der Waals surface area contributed by atoms with Crippen LogP contribution in [0.4, 0.5) is 5.69 Å². The average Bonchev–Trinajstić information content (AvgIpc) is 3.08. The minimum Gasteiger partial charge on any atom is -0.375 e. The molecule has 1 amide bonds. The Morgan fingerprint density at radius 1 is 0.794 bits per heavy atom. The maximum Gasteiger partial charge on any atom is 0.264 e. The Balaban J connectivity index is 1.42. The fourth-order valence-corrected chi connectivity index (χ4v) is 4.64. The Hall–Kier alpha value is -3.73. The summed E-state index contributed by atoms with van der Waals surface area (Å²) in [6.45, 7) is 0.206. The zero-order valence-corrected chi connectivity index (χ0v) is 19.1. The molecule has 0 fully saturated rings. The van der Waals surface area contributed by atoms with Crippen molar-refractivity contribution in [1.29, 1.82) is 0 Å². The molecule has 4 nitrogen and oxygen atoms in total. The zero-order chi connectivity index (χ0) is 23.7. The maximum atomic E-state index is 13.5. The minimum absolute atomic E-state index is 0.206. The molecule has 5 rings (SSSR count). The first-order valence-corrected chi connectivity index (χ1v) is 11.4. The van der Waals surface area contributed by atoms with Crippen LogP contribution in [0.1, 0.15) is 27.9 Å². The maximum absolute atomic E-state index is 13.5. The van der Waals surface area contributed by atoms with E-state index < -0.39 is 11.5 Å². The highest BCUT2D eigenvalue weighted by Gasteiger charge is 2.50. The molecule has 4 aromatic rings. The third-order valence-corrected chi connectivity index (χ3v) is 6.62. The summed E-state index contributed by atoms with van der Waals surface area (Å²) in [5, 5.41) is 12.1. The number of rotatable bonds is 6. The van der Waals surface area contributed by atoms with E-state index in [1.54, 1.807) is 36.4 Å². The van der Waals surface area contributed by atoms with Gasteiger partial charge in [-0.2, -0.15) is 0 Å². The highest BCUT2D eigenvalue weighted by molar-refractivity contribution is 6.31. The number of carbonyl (C=O) groups excluding carboxylic acids is 2. The van der Waals surface area contributed by atoms with Gasteiger partial charge in [-0.15, -0.1) is 0 Å². The van der Waals surface area contributed by atoms with Crippen LogP contribution >= 0.6 is 11.6 Å². The van der Waals surface area contributed by atoms with Crippen molar-refractivity contribution in [3.63, 3.8) is 0 Å². The number of fused-ring (bicyclic) bond motifs is 1. The van der Waals surface area contributed by atoms with Gasteiger partial charge in [0.25, 0.3) is 5.91 Å². The molecule has 0 unspecified atom stereocenters. The molecule has 0 aromatic heterocycles. The van der Waals surface area contributed by atoms with Crippen LogP contribution in [0.3, 0.4) is 0 Å². The van der Waals surface area contributed by atoms with E-state index in [4.69, 9.17) is 11.6 Å². The summed E-state index contributed by atoms with van der Waals surface area (Å²) in [7, 11) is 0. The number of amides is 1. The molecule has 0 saturated carbocycles. The first-order chi connectivity index (χ1) is 16.5. The Morgan fingerprint density at radius 2 is 1.41 bits per heavy atom. The first-order valence-electron chi connectivity index (χ1n) is 11.0. The van der Waals surface area contributed by atoms with Gasteiger partial charge in [-0.3, -0.25) is 9.59 Å². The smallest absolute Gasteiger partial charge is 0.264 e. The number of anilines is 1. The van der Waals surface area contributed by atoms with Crippen LogP contribution in [0.15, 0.2) is 103 Å². The van der Waals surface area contributed by atoms with Crippen molar-refractivity contribution in [2.75, 3.05) is 4.90 Å². The molecule has 1 heterocycles. The largest absolute Gasteiger partial charge is 0.375 e. The number of halogens is 1. The second-order valence-electron chi connectivity index (χ2n) is 8.40. The van der Waals surface area contributed by atoms with Crippen molar-refractivity contribution in [3.05, 3.63) is 125 Å². The molecule has 1 aliphatic heterocycles. The predicted octanol–water partition coefficient (Wildman–Crippen LogP) is 6.01. The van der Waals surface area contributed by atoms with Crippen LogP contribution in [-0.4, -0.2) is 16.8 Å². The highest BCUT2D eigenvalue weighted by atomic mass is 35.5. The van der Waals surface area contributed by atoms with E-state index in [9.17, 15) is 14.7 Å². The van der Waals surface area contributed by atoms with Crippen molar-refractivity contribution >= 4 is 29.0 Å². The van der Waals surface area contributed by atoms with E-state index in [0.717, 1.165) is 16.7 Å². The normalized spacial score (nSPS) is 17.0. The topological polar surface area (TPSA) is 57.6 Å². The van der Waals surface area contributed by atoms with Crippen LogP contribution in [0, 0.1) is 0 Å². The quantitative estimate of drug-likeness (QED) is 0.353. The van der Waals surface area contributed by atoms with Gasteiger partial charge in [0.15, 0.2) is 11.4 Å². The number of para-hydroxylation sites is 1. The first kappa shape index (κ1) is 22.1. The molecule has 5 heteroatoms. The molecule has 0 bridgehead atoms. The van der Waals surface area contributed by atoms with E-state index in [1.807, 2.05) is 66.7 Å². The molecule has 0 spiro atoms. The summed E-state index contributed by atoms with van der Waals surface area (Å²) in [6.07, 6.45) is -0.341. The van der Waals surface area contributed by atoms with E-state index in [0.29, 0.717) is 21.8 Å². The standard InChI is InChI=1S/C29H22ClNO3/c30-25-12-6-4-10-23(25)19-31-26-13-7-5-11-24(26)29(34,28(31)33)18-27(32)22-16-14-21(15-17-22)20-8-2-1-3-9-20/h1-17,34H,18-19H2/t29-/m0/s1. The third kappa shape index (κ3) is 3.92. The fraction of sp³-hybridized carbons (Fsp3) is 0.103. The lowest BCUT2D eigenvalue weighted by Crippen LogP contribution is -2.41. The lowest BCUT2D eigenvalue weighted by atomic mass is 9.88. The van der Waals surface area contributed by atoms with Crippen molar-refractivity contribution in [2.24, 2.45) is 0 Å². The van der Waals surface area contributed by atoms with Crippen molar-refractivity contribution in [1.82, 2.24) is 0 Å². The van der Waals surface area contributed by atoms with Crippen LogP contribution in [0.5, 0.6) is 0 Å². The van der Waals surface area contributed by atoms with E-state index >= 15 is 0 Å². The summed E-state index contributed by atoms with van der Waals surface area (Å²) < 4.78 is 0. The number of ketones is 1. The van der Waals surface area contributed by atoms with Crippen molar-refractivity contribution < 1.29 is 14.7 Å². The number of aliphatic hydroxyl groups is 1. The fourth-order valence-electron chi connectivity index (χ4n) is 4.44. The molecule has 4 aromatic carbocycles. The highest BCUT2D eigenvalue weighted by Crippen LogP contribution is 2.44. The van der Waals surface area contributed by atoms with E-state index in [1.165, 1.54) is 4.90 Å². The average molecular weight is 468 g/mol. The van der Waals surface area contributed by atoms with Gasteiger partial charge in [0.2, 0.25) is 0 Å². The number of hydrogen-bond donors (Lipinski definition) is 1. The predicted molar refractivity (Wildman–Crippen MR) is 134 cm³/mol. The molecular formula is C29H22ClNO3. The van der Waals surface area contributed by atoms with Gasteiger partial charge in [-0.25, -0.2) is 0 Å². The summed E-state index contributed by atoms with van der Waals surface area (Å²) in [5.41, 5.74) is 2.33. The number of Topliss-reactive ketones (excluding diaryl/α,β-unsaturated/α-hetero) is 1. The molecule has 1 aliphatic rings. The molecule has 0 radical (unpaired) electrons. The van der Waals surface area contributed by atoms with Crippen LogP contribution in [0.25, 0.3) is 11.1 Å². The number of carbonyl (C=O) groups is 2. The van der Waals surface area contributed by atoms with Crippen molar-refractivity contribution in [3.8, 4) is 11.1 Å². The van der Waals surface area contributed by atoms with Gasteiger partial charge in [-0.1, -0.05) is 103 Å². The lowest BCUT2D eigenvalue weighted by molar-refractivity contribution is -0.136. The molecule has 1 atom stereocenters. The Morgan fingerprint density at radius 3 is 2.15 bits per heavy atom. The van der Waals surface area contributed by atoms with E-state index in [-0.39, 0.29) is 18.7 Å². The third-order valence-electron chi connectivity index (χ3n) is 6.26. The molecule has 168 valence electrons. The van der Waals surface area contributed by atoms with Gasteiger partial charge in [0, 0.05) is 16.1 Å². The van der Waals surface area contributed by atoms with Gasteiger partial charge < -0.3 is 10.0 Å². The summed E-state index contributed by atoms with van der Waals surface area (Å²) in [5.74, 6) is -0.826. The lowest BCUT2D eigenvalue weighted by Gasteiger charge is -2.23. The Kier molecular flexibility index (Phi) is 5.78. The van der Waals surface area contributed by atoms with Crippen LogP contribution < -0.4 is 4.90 Å². The van der Waals surface area contributed by atoms with Gasteiger partial charge in [-0.05, 0) is 28.8 Å². The summed E-state index contributed by atoms with van der Waals surface area (Å²) >= 11 is 6.32. The SMILES string of the molecule is O=C(C[C@@]1(O)C(=O)N(Cc2ccccc2Cl)c2ccccc21)c1ccc(-c2ccccc2)cc1. The second-order valence-corrected chi connectivity index (χ2v) is 8.81. The Bertz CT molecular complexity index is 1370. The number of nitrogens with zero attached hydrogens (tertiary/aromatic N) is 1. The minimum atomic E-state index is -1.94. The molecular weight excluding hydrogens is 446 g/mol. The molecule has 34 heavy (non-hydrogen) atoms. The second kappa shape index (κ2) is 8.90. The van der Waals surface area contributed by atoms with Gasteiger partial charge in [0.05, 0.1) is 18.7 Å². The van der Waals surface area contributed by atoms with Gasteiger partial charge in [0.1, 0.15) is 0 Å². The molecule has 0 saturated heterocycles. The number of hydrogen-bond acceptors (Lipinski definition) is 3.